The van der Waals surface area contributed by atoms with Crippen LogP contribution in [0.2, 0.25) is 10.0 Å². The molecule has 2 N–H and O–H groups in total. The molecular formula is C29H16Cl2F6N4O6. The average Bonchev–Trinajstić information content (AvgIpc) is 2.97. The van der Waals surface area contributed by atoms with E-state index >= 15 is 0 Å². The van der Waals surface area contributed by atoms with Crippen molar-refractivity contribution in [2.75, 3.05) is 10.6 Å². The van der Waals surface area contributed by atoms with Crippen LogP contribution in [-0.2, 0) is 5.41 Å². The number of nitrogens with one attached hydrogen (secondary N) is 2. The molecule has 0 heterocycles. The van der Waals surface area contributed by atoms with Gasteiger partial charge in [-0.2, -0.15) is 26.3 Å². The van der Waals surface area contributed by atoms with Gasteiger partial charge in [-0.3, -0.25) is 29.8 Å². The lowest BCUT2D eigenvalue weighted by molar-refractivity contribution is -0.384. The summed E-state index contributed by atoms with van der Waals surface area (Å²) in [4.78, 5) is 45.4. The molecule has 0 aliphatic carbocycles. The van der Waals surface area contributed by atoms with Gasteiger partial charge in [0.25, 0.3) is 23.2 Å². The van der Waals surface area contributed by atoms with Gasteiger partial charge in [-0.1, -0.05) is 47.5 Å². The Morgan fingerprint density at radius 2 is 0.894 bits per heavy atom. The van der Waals surface area contributed by atoms with Gasteiger partial charge in [0.05, 0.1) is 9.85 Å². The quantitative estimate of drug-likeness (QED) is 0.107. The van der Waals surface area contributed by atoms with Gasteiger partial charge in [-0.05, 0) is 59.7 Å². The summed E-state index contributed by atoms with van der Waals surface area (Å²) in [5.41, 5.74) is -8.77. The van der Waals surface area contributed by atoms with E-state index in [1.54, 1.807) is 0 Å². The molecule has 4 rings (SSSR count). The van der Waals surface area contributed by atoms with Crippen molar-refractivity contribution in [2.45, 2.75) is 17.8 Å². The van der Waals surface area contributed by atoms with Crippen LogP contribution in [0.1, 0.15) is 31.8 Å². The van der Waals surface area contributed by atoms with Gasteiger partial charge in [0.1, 0.15) is 10.0 Å². The molecule has 0 saturated heterocycles. The first-order valence-electron chi connectivity index (χ1n) is 12.7. The van der Waals surface area contributed by atoms with E-state index in [0.717, 1.165) is 60.7 Å². The third-order valence-electron chi connectivity index (χ3n) is 6.82. The second-order valence-electron chi connectivity index (χ2n) is 9.66. The minimum absolute atomic E-state index is 0.173. The highest BCUT2D eigenvalue weighted by Gasteiger charge is 2.72. The van der Waals surface area contributed by atoms with Crippen molar-refractivity contribution in [3.05, 3.63) is 137 Å². The number of nitrogens with zero attached hydrogens (tertiary/aromatic N) is 2. The van der Waals surface area contributed by atoms with Crippen LogP contribution >= 0.6 is 23.2 Å². The first-order chi connectivity index (χ1) is 21.9. The van der Waals surface area contributed by atoms with Crippen molar-refractivity contribution < 1.29 is 45.8 Å². The van der Waals surface area contributed by atoms with Crippen LogP contribution in [0.5, 0.6) is 0 Å². The maximum Gasteiger partial charge on any atom is 0.411 e. The zero-order valence-electron chi connectivity index (χ0n) is 23.0. The summed E-state index contributed by atoms with van der Waals surface area (Å²) in [6.07, 6.45) is -11.9. The molecule has 10 nitrogen and oxygen atoms in total. The highest BCUT2D eigenvalue weighted by Crippen LogP contribution is 2.56. The Kier molecular flexibility index (Phi) is 9.50. The summed E-state index contributed by atoms with van der Waals surface area (Å²) in [5, 5.41) is 25.6. The fraction of sp³-hybridized carbons (Fsp3) is 0.103. The first-order valence-corrected chi connectivity index (χ1v) is 13.5. The molecule has 0 saturated carbocycles. The van der Waals surface area contributed by atoms with Crippen molar-refractivity contribution in [3.8, 4) is 0 Å². The number of hydrogen-bond acceptors (Lipinski definition) is 6. The lowest BCUT2D eigenvalue weighted by Gasteiger charge is -2.38. The molecule has 18 heteroatoms. The van der Waals surface area contributed by atoms with Crippen molar-refractivity contribution in [2.24, 2.45) is 0 Å². The summed E-state index contributed by atoms with van der Waals surface area (Å²) in [6, 6.07) is 11.3. The van der Waals surface area contributed by atoms with Gasteiger partial charge in [0, 0.05) is 34.6 Å². The molecule has 0 aliphatic rings. The van der Waals surface area contributed by atoms with Crippen LogP contribution in [0.4, 0.5) is 49.1 Å². The Morgan fingerprint density at radius 3 is 1.15 bits per heavy atom. The molecule has 0 radical (unpaired) electrons. The fourth-order valence-electron chi connectivity index (χ4n) is 4.59. The van der Waals surface area contributed by atoms with E-state index < -0.39 is 61.9 Å². The Morgan fingerprint density at radius 1 is 0.574 bits per heavy atom. The lowest BCUT2D eigenvalue weighted by Crippen LogP contribution is -2.54. The van der Waals surface area contributed by atoms with Crippen molar-refractivity contribution in [1.29, 1.82) is 0 Å². The SMILES string of the molecule is O=C(Nc1ccc(C(c2ccc(NC(=O)c3ccc([N+](=O)[O-])c(Cl)c3)cc2)(C(F)(F)F)C(F)(F)F)cc1)c1ccc([N+](=O)[O-])c(Cl)c1. The Balaban J connectivity index is 1.64. The Labute approximate surface area is 269 Å². The Hall–Kier alpha value is -5.22. The third kappa shape index (κ3) is 6.83. The minimum atomic E-state index is -5.94. The van der Waals surface area contributed by atoms with E-state index in [9.17, 15) is 56.2 Å². The predicted molar refractivity (Wildman–Crippen MR) is 158 cm³/mol. The van der Waals surface area contributed by atoms with Crippen LogP contribution in [0.3, 0.4) is 0 Å². The smallest absolute Gasteiger partial charge is 0.322 e. The van der Waals surface area contributed by atoms with Crippen LogP contribution in [0.15, 0.2) is 84.9 Å². The number of rotatable bonds is 8. The molecule has 0 spiro atoms. The maximum atomic E-state index is 14.6. The monoisotopic (exact) mass is 700 g/mol. The minimum Gasteiger partial charge on any atom is -0.322 e. The van der Waals surface area contributed by atoms with Crippen LogP contribution in [0.25, 0.3) is 0 Å². The zero-order valence-corrected chi connectivity index (χ0v) is 24.5. The molecule has 4 aromatic rings. The standard InChI is InChI=1S/C29H16Cl2F6N4O6/c30-21-13-15(1-11-23(21)40(44)45)25(42)38-19-7-3-17(4-8-19)27(28(32,33)34,29(35,36)37)18-5-9-20(10-6-18)39-26(43)16-2-12-24(41(46)47)22(31)14-16/h1-14H,(H,38,42)(H,39,43). The van der Waals surface area contributed by atoms with Gasteiger partial charge >= 0.3 is 12.4 Å². The van der Waals surface area contributed by atoms with Gasteiger partial charge in [-0.15, -0.1) is 0 Å². The number of nitro benzene ring substituents is 2. The van der Waals surface area contributed by atoms with Gasteiger partial charge in [0.15, 0.2) is 0 Å². The van der Waals surface area contributed by atoms with Crippen molar-refractivity contribution >= 4 is 57.8 Å². The molecule has 0 aromatic heterocycles. The topological polar surface area (TPSA) is 144 Å². The van der Waals surface area contributed by atoms with Gasteiger partial charge in [0.2, 0.25) is 5.41 Å². The highest BCUT2D eigenvalue weighted by atomic mass is 35.5. The van der Waals surface area contributed by atoms with Crippen molar-refractivity contribution in [1.82, 2.24) is 0 Å². The third-order valence-corrected chi connectivity index (χ3v) is 7.42. The second-order valence-corrected chi connectivity index (χ2v) is 10.5. The van der Waals surface area contributed by atoms with Gasteiger partial charge < -0.3 is 10.6 Å². The van der Waals surface area contributed by atoms with Crippen LogP contribution < -0.4 is 10.6 Å². The van der Waals surface area contributed by atoms with Crippen molar-refractivity contribution in [3.63, 3.8) is 0 Å². The number of carbonyl (C=O) groups excluding carboxylic acids is 2. The predicted octanol–water partition coefficient (Wildman–Crippen LogP) is 8.73. The van der Waals surface area contributed by atoms with E-state index in [2.05, 4.69) is 10.6 Å². The number of benzene rings is 4. The molecule has 0 atom stereocenters. The average molecular weight is 701 g/mol. The number of alkyl halides is 6. The maximum absolute atomic E-state index is 14.6. The molecule has 4 aromatic carbocycles. The van der Waals surface area contributed by atoms with E-state index in [1.807, 2.05) is 0 Å². The molecule has 2 amide bonds. The van der Waals surface area contributed by atoms with E-state index in [4.69, 9.17) is 23.2 Å². The number of nitro groups is 2. The molecule has 244 valence electrons. The van der Waals surface area contributed by atoms with E-state index in [0.29, 0.717) is 24.3 Å². The largest absolute Gasteiger partial charge is 0.411 e. The summed E-state index contributed by atoms with van der Waals surface area (Å²) >= 11 is 11.6. The highest BCUT2D eigenvalue weighted by molar-refractivity contribution is 6.33. The van der Waals surface area contributed by atoms with E-state index in [1.165, 1.54) is 0 Å². The Bertz CT molecular complexity index is 1750. The fourth-order valence-corrected chi connectivity index (χ4v) is 5.09. The number of anilines is 2. The summed E-state index contributed by atoms with van der Waals surface area (Å²) in [5.74, 6) is -1.80. The van der Waals surface area contributed by atoms with Crippen LogP contribution in [-0.4, -0.2) is 34.0 Å². The summed E-state index contributed by atoms with van der Waals surface area (Å²) in [7, 11) is 0. The van der Waals surface area contributed by atoms with E-state index in [-0.39, 0.29) is 32.5 Å². The number of halogens is 8. The van der Waals surface area contributed by atoms with Crippen LogP contribution in [0, 0.1) is 20.2 Å². The molecule has 47 heavy (non-hydrogen) atoms. The first kappa shape index (κ1) is 34.6. The normalized spacial score (nSPS) is 11.9. The number of carbonyl (C=O) groups is 2. The summed E-state index contributed by atoms with van der Waals surface area (Å²) < 4.78 is 87.5. The van der Waals surface area contributed by atoms with Gasteiger partial charge in [-0.25, -0.2) is 0 Å². The summed E-state index contributed by atoms with van der Waals surface area (Å²) in [6.45, 7) is 0. The number of amides is 2. The molecule has 0 bridgehead atoms. The zero-order chi connectivity index (χ0) is 34.9. The molecule has 0 fully saturated rings. The number of hydrogen-bond donors (Lipinski definition) is 2. The molecule has 0 unspecified atom stereocenters. The molecule has 0 aliphatic heterocycles. The second kappa shape index (κ2) is 12.9. The molecular weight excluding hydrogens is 685 g/mol. The lowest BCUT2D eigenvalue weighted by atomic mass is 9.73.